The van der Waals surface area contributed by atoms with Gasteiger partial charge in [0.25, 0.3) is 11.6 Å². The molecule has 0 aliphatic carbocycles. The molecule has 0 atom stereocenters. The third-order valence-electron chi connectivity index (χ3n) is 4.22. The Morgan fingerprint density at radius 1 is 1.06 bits per heavy atom. The van der Waals surface area contributed by atoms with Gasteiger partial charge in [0.1, 0.15) is 22.3 Å². The zero-order valence-electron chi connectivity index (χ0n) is 16.6. The minimum atomic E-state index is -4.33. The predicted octanol–water partition coefficient (Wildman–Crippen LogP) is 4.51. The van der Waals surface area contributed by atoms with Crippen LogP contribution in [0.15, 0.2) is 83.3 Å². The maximum Gasteiger partial charge on any atom is 0.339 e. The highest BCUT2D eigenvalue weighted by molar-refractivity contribution is 14.1. The van der Waals surface area contributed by atoms with Crippen molar-refractivity contribution in [2.75, 3.05) is 5.32 Å². The molecule has 0 aliphatic heterocycles. The number of hydrogen-bond acceptors (Lipinski definition) is 7. The van der Waals surface area contributed by atoms with Gasteiger partial charge in [-0.2, -0.15) is 13.7 Å². The molecule has 33 heavy (non-hydrogen) atoms. The second kappa shape index (κ2) is 10.2. The Morgan fingerprint density at radius 2 is 1.70 bits per heavy atom. The van der Waals surface area contributed by atoms with Gasteiger partial charge in [-0.15, -0.1) is 0 Å². The number of nitrogens with zero attached hydrogens (tertiary/aromatic N) is 2. The lowest BCUT2D eigenvalue weighted by atomic mass is 10.1. The zero-order chi connectivity index (χ0) is 24.0. The lowest BCUT2D eigenvalue weighted by Crippen LogP contribution is -2.14. The van der Waals surface area contributed by atoms with Crippen LogP contribution in [0.2, 0.25) is 0 Å². The number of non-ortho nitro benzene ring substituents is 1. The Labute approximate surface area is 202 Å². The third-order valence-corrected chi connectivity index (χ3v) is 6.19. The van der Waals surface area contributed by atoms with Gasteiger partial charge in [0.15, 0.2) is 0 Å². The average Bonchev–Trinajstić information content (AvgIpc) is 2.79. The predicted molar refractivity (Wildman–Crippen MR) is 129 cm³/mol. The number of para-hydroxylation sites is 1. The van der Waals surface area contributed by atoms with Crippen LogP contribution in [0.3, 0.4) is 0 Å². The summed E-state index contributed by atoms with van der Waals surface area (Å²) >= 11 is 2.12. The van der Waals surface area contributed by atoms with Gasteiger partial charge in [0, 0.05) is 27.0 Å². The number of nitro benzene ring substituents is 1. The van der Waals surface area contributed by atoms with Crippen molar-refractivity contribution in [3.8, 4) is 11.8 Å². The van der Waals surface area contributed by atoms with E-state index < -0.39 is 20.9 Å². The highest BCUT2D eigenvalue weighted by atomic mass is 127. The number of anilines is 1. The molecule has 1 N–H and O–H groups in total. The molecule has 0 fully saturated rings. The van der Waals surface area contributed by atoms with Gasteiger partial charge in [-0.25, -0.2) is 0 Å². The number of rotatable bonds is 7. The molecule has 0 aromatic heterocycles. The van der Waals surface area contributed by atoms with Crippen LogP contribution in [0.25, 0.3) is 6.08 Å². The fraction of sp³-hybridized carbons (Fsp3) is 0. The second-order valence-electron chi connectivity index (χ2n) is 6.46. The Morgan fingerprint density at radius 3 is 2.30 bits per heavy atom. The number of nitro groups is 1. The minimum absolute atomic E-state index is 0.120. The highest BCUT2D eigenvalue weighted by Crippen LogP contribution is 2.26. The van der Waals surface area contributed by atoms with Crippen molar-refractivity contribution in [3.05, 3.63) is 97.6 Å². The third kappa shape index (κ3) is 6.15. The Bertz CT molecular complexity index is 1380. The normalized spacial score (nSPS) is 11.3. The molecule has 166 valence electrons. The van der Waals surface area contributed by atoms with E-state index in [0.717, 1.165) is 27.8 Å². The molecule has 0 aliphatic rings. The molecule has 1 amide bonds. The zero-order valence-corrected chi connectivity index (χ0v) is 19.6. The summed E-state index contributed by atoms with van der Waals surface area (Å²) in [5, 5.41) is 22.8. The molecule has 3 aromatic rings. The van der Waals surface area contributed by atoms with Crippen molar-refractivity contribution < 1.29 is 22.3 Å². The van der Waals surface area contributed by atoms with E-state index in [1.807, 2.05) is 0 Å². The number of hydrogen-bond donors (Lipinski definition) is 1. The first-order chi connectivity index (χ1) is 15.7. The average molecular weight is 575 g/mol. The van der Waals surface area contributed by atoms with E-state index in [-0.39, 0.29) is 27.5 Å². The number of halogens is 1. The van der Waals surface area contributed by atoms with Gasteiger partial charge in [-0.3, -0.25) is 14.9 Å². The lowest BCUT2D eigenvalue weighted by Gasteiger charge is -2.10. The maximum atomic E-state index is 12.6. The number of nitriles is 1. The van der Waals surface area contributed by atoms with E-state index in [2.05, 4.69) is 27.9 Å². The van der Waals surface area contributed by atoms with Gasteiger partial charge in [0.05, 0.1) is 4.92 Å². The second-order valence-corrected chi connectivity index (χ2v) is 9.25. The summed E-state index contributed by atoms with van der Waals surface area (Å²) < 4.78 is 31.4. The molecule has 0 heterocycles. The van der Waals surface area contributed by atoms with Crippen LogP contribution in [0, 0.1) is 25.0 Å². The summed E-state index contributed by atoms with van der Waals surface area (Å²) in [5.41, 5.74) is 0.136. The summed E-state index contributed by atoms with van der Waals surface area (Å²) in [5.74, 6) is -0.794. The molecule has 3 aromatic carbocycles. The summed E-state index contributed by atoms with van der Waals surface area (Å²) in [4.78, 5) is 22.4. The van der Waals surface area contributed by atoms with Crippen LogP contribution < -0.4 is 9.50 Å². The van der Waals surface area contributed by atoms with Crippen LogP contribution in [-0.4, -0.2) is 19.2 Å². The van der Waals surface area contributed by atoms with Crippen LogP contribution in [0.4, 0.5) is 11.4 Å². The number of carbonyl (C=O) groups excluding carboxylic acids is 1. The quantitative estimate of drug-likeness (QED) is 0.109. The molecule has 9 nitrogen and oxygen atoms in total. The number of amides is 1. The molecule has 11 heteroatoms. The van der Waals surface area contributed by atoms with E-state index in [1.54, 1.807) is 36.4 Å². The first-order valence-corrected chi connectivity index (χ1v) is 11.6. The van der Waals surface area contributed by atoms with Crippen molar-refractivity contribution in [2.24, 2.45) is 0 Å². The summed E-state index contributed by atoms with van der Waals surface area (Å²) in [6.45, 7) is 0. The molecule has 0 unspecified atom stereocenters. The van der Waals surface area contributed by atoms with E-state index in [4.69, 9.17) is 4.18 Å². The number of benzene rings is 3. The summed E-state index contributed by atoms with van der Waals surface area (Å²) in [6, 6.07) is 18.9. The molecule has 3 rings (SSSR count). The van der Waals surface area contributed by atoms with E-state index in [9.17, 15) is 28.6 Å². The van der Waals surface area contributed by atoms with E-state index in [1.165, 1.54) is 24.3 Å². The monoisotopic (exact) mass is 575 g/mol. The van der Waals surface area contributed by atoms with Gasteiger partial charge in [0.2, 0.25) is 0 Å². The standard InChI is InChI=1S/C22H14IN3O6S/c23-17-5-7-18(8-6-17)25-22(27)16(14-24)13-15-3-1-2-4-21(15)32-33(30,31)20-11-9-19(10-12-20)26(28)29/h1-13H,(H,25,27)/b16-13-. The molecular weight excluding hydrogens is 561 g/mol. The minimum Gasteiger partial charge on any atom is -0.378 e. The van der Waals surface area contributed by atoms with Crippen molar-refractivity contribution in [1.29, 1.82) is 5.26 Å². The van der Waals surface area contributed by atoms with E-state index in [0.29, 0.717) is 5.69 Å². The van der Waals surface area contributed by atoms with Crippen LogP contribution in [-0.2, 0) is 14.9 Å². The fourth-order valence-electron chi connectivity index (χ4n) is 2.61. The van der Waals surface area contributed by atoms with Gasteiger partial charge < -0.3 is 9.50 Å². The van der Waals surface area contributed by atoms with Crippen molar-refractivity contribution >= 4 is 56.1 Å². The van der Waals surface area contributed by atoms with E-state index >= 15 is 0 Å². The molecule has 0 saturated carbocycles. The molecule has 0 bridgehead atoms. The topological polar surface area (TPSA) is 139 Å². The van der Waals surface area contributed by atoms with Crippen molar-refractivity contribution in [1.82, 2.24) is 0 Å². The molecule has 0 radical (unpaired) electrons. The Hall–Kier alpha value is -3.76. The van der Waals surface area contributed by atoms with Crippen LogP contribution in [0.5, 0.6) is 5.75 Å². The van der Waals surface area contributed by atoms with Crippen molar-refractivity contribution in [2.45, 2.75) is 4.90 Å². The first kappa shape index (κ1) is 23.9. The lowest BCUT2D eigenvalue weighted by molar-refractivity contribution is -0.384. The van der Waals surface area contributed by atoms with Gasteiger partial charge in [-0.1, -0.05) is 18.2 Å². The van der Waals surface area contributed by atoms with Crippen molar-refractivity contribution in [3.63, 3.8) is 0 Å². The SMILES string of the molecule is N#C/C(=C/c1ccccc1OS(=O)(=O)c1ccc([N+](=O)[O-])cc1)C(=O)Nc1ccc(I)cc1. The van der Waals surface area contributed by atoms with Crippen LogP contribution >= 0.6 is 22.6 Å². The smallest absolute Gasteiger partial charge is 0.339 e. The summed E-state index contributed by atoms with van der Waals surface area (Å²) in [6.07, 6.45) is 1.21. The first-order valence-electron chi connectivity index (χ1n) is 9.16. The van der Waals surface area contributed by atoms with Gasteiger partial charge in [-0.05, 0) is 71.1 Å². The summed E-state index contributed by atoms with van der Waals surface area (Å²) in [7, 11) is -4.33. The maximum absolute atomic E-state index is 12.6. The van der Waals surface area contributed by atoms with Gasteiger partial charge >= 0.3 is 10.1 Å². The Kier molecular flexibility index (Phi) is 7.41. The fourth-order valence-corrected chi connectivity index (χ4v) is 3.93. The highest BCUT2D eigenvalue weighted by Gasteiger charge is 2.20. The van der Waals surface area contributed by atoms with Crippen LogP contribution in [0.1, 0.15) is 5.56 Å². The Balaban J connectivity index is 1.87. The molecule has 0 saturated heterocycles. The number of nitrogens with one attached hydrogen (secondary N) is 1. The molecular formula is C22H14IN3O6S. The number of carbonyl (C=O) groups is 1. The largest absolute Gasteiger partial charge is 0.378 e. The molecule has 0 spiro atoms.